The number of rotatable bonds is 10. The molecule has 0 radical (unpaired) electrons. The fraction of sp³-hybridized carbons (Fsp3) is 0.810. The monoisotopic (exact) mass is 355 g/mol. The fourth-order valence-electron chi connectivity index (χ4n) is 1.88. The standard InChI is InChI=1S/C10H19NO2.C6H10O.C5H12/c1-3-5-7-8(6-4-2)9(12)10(11)13;1-5(2)6(3)4-7;1-3-5-4-2/h8H,3-7H2,1-2H3,(H2,11,13);5H,1-3H3;3-5H2,1-2H3. The molecule has 0 aromatic carbocycles. The fourth-order valence-corrected chi connectivity index (χ4v) is 1.88. The highest BCUT2D eigenvalue weighted by molar-refractivity contribution is 6.36. The van der Waals surface area contributed by atoms with Crippen LogP contribution in [-0.4, -0.2) is 17.6 Å². The van der Waals surface area contributed by atoms with Crippen LogP contribution in [0.25, 0.3) is 0 Å². The molecule has 25 heavy (non-hydrogen) atoms. The summed E-state index contributed by atoms with van der Waals surface area (Å²) >= 11 is 0. The molecule has 4 heteroatoms. The number of ketones is 1. The van der Waals surface area contributed by atoms with Crippen LogP contribution < -0.4 is 5.73 Å². The van der Waals surface area contributed by atoms with Gasteiger partial charge in [-0.15, -0.1) is 0 Å². The van der Waals surface area contributed by atoms with Crippen LogP contribution in [0.2, 0.25) is 0 Å². The average Bonchev–Trinajstić information content (AvgIpc) is 2.58. The maximum absolute atomic E-state index is 11.3. The molecule has 0 aliphatic heterocycles. The lowest BCUT2D eigenvalue weighted by molar-refractivity contribution is -0.138. The normalized spacial score (nSPS) is 10.6. The molecule has 148 valence electrons. The summed E-state index contributed by atoms with van der Waals surface area (Å²) in [6.07, 6.45) is 8.62. The number of hydrogen-bond donors (Lipinski definition) is 1. The Balaban J connectivity index is -0.000000337. The first-order valence-corrected chi connectivity index (χ1v) is 9.78. The Morgan fingerprint density at radius 2 is 1.36 bits per heavy atom. The maximum Gasteiger partial charge on any atom is 0.285 e. The predicted molar refractivity (Wildman–Crippen MR) is 107 cm³/mol. The largest absolute Gasteiger partial charge is 0.363 e. The molecule has 0 saturated heterocycles. The van der Waals surface area contributed by atoms with Crippen LogP contribution in [0.5, 0.6) is 0 Å². The molecule has 1 amide bonds. The second kappa shape index (κ2) is 20.6. The highest BCUT2D eigenvalue weighted by atomic mass is 16.2. The molecule has 1 unspecified atom stereocenters. The molecule has 4 nitrogen and oxygen atoms in total. The van der Waals surface area contributed by atoms with E-state index in [2.05, 4.69) is 20.8 Å². The number of allylic oxidation sites excluding steroid dienone is 1. The molecule has 2 N–H and O–H groups in total. The predicted octanol–water partition coefficient (Wildman–Crippen LogP) is 5.26. The van der Waals surface area contributed by atoms with Gasteiger partial charge in [0.2, 0.25) is 5.78 Å². The number of hydrogen-bond acceptors (Lipinski definition) is 3. The Morgan fingerprint density at radius 3 is 1.56 bits per heavy atom. The lowest BCUT2D eigenvalue weighted by atomic mass is 9.92. The molecule has 0 aromatic heterocycles. The SMILES string of the molecule is CC(=C=O)C(C)C.CCCCC.CCCCC(CCC)C(=O)C(N)=O. The van der Waals surface area contributed by atoms with E-state index in [4.69, 9.17) is 5.73 Å². The van der Waals surface area contributed by atoms with Crippen molar-refractivity contribution in [2.24, 2.45) is 17.6 Å². The van der Waals surface area contributed by atoms with E-state index < -0.39 is 11.7 Å². The minimum Gasteiger partial charge on any atom is -0.363 e. The van der Waals surface area contributed by atoms with Gasteiger partial charge in [0.05, 0.1) is 0 Å². The van der Waals surface area contributed by atoms with Gasteiger partial charge < -0.3 is 5.73 Å². The van der Waals surface area contributed by atoms with E-state index in [1.807, 2.05) is 26.7 Å². The second-order valence-electron chi connectivity index (χ2n) is 6.65. The molecule has 0 aliphatic rings. The molecule has 0 aromatic rings. The zero-order chi connectivity index (χ0) is 20.3. The number of primary amides is 1. The minimum absolute atomic E-state index is 0.137. The zero-order valence-corrected chi connectivity index (χ0v) is 17.6. The van der Waals surface area contributed by atoms with E-state index >= 15 is 0 Å². The number of carbonyl (C=O) groups is 2. The van der Waals surface area contributed by atoms with Crippen molar-refractivity contribution in [3.8, 4) is 0 Å². The molecule has 0 aliphatic carbocycles. The highest BCUT2D eigenvalue weighted by Gasteiger charge is 2.21. The Bertz CT molecular complexity index is 381. The maximum atomic E-state index is 11.3. The van der Waals surface area contributed by atoms with Gasteiger partial charge in [-0.05, 0) is 25.7 Å². The van der Waals surface area contributed by atoms with Crippen molar-refractivity contribution in [1.82, 2.24) is 0 Å². The van der Waals surface area contributed by atoms with E-state index in [0.29, 0.717) is 5.92 Å². The van der Waals surface area contributed by atoms with Gasteiger partial charge in [0.1, 0.15) is 5.94 Å². The van der Waals surface area contributed by atoms with E-state index in [-0.39, 0.29) is 5.92 Å². The molecule has 0 rings (SSSR count). The van der Waals surface area contributed by atoms with Crippen LogP contribution in [0.3, 0.4) is 0 Å². The van der Waals surface area contributed by atoms with E-state index in [0.717, 1.165) is 37.7 Å². The molecule has 1 atom stereocenters. The zero-order valence-electron chi connectivity index (χ0n) is 17.6. The average molecular weight is 356 g/mol. The van der Waals surface area contributed by atoms with Crippen LogP contribution in [0.15, 0.2) is 5.57 Å². The van der Waals surface area contributed by atoms with Crippen molar-refractivity contribution in [3.63, 3.8) is 0 Å². The number of Topliss-reactive ketones (excluding diaryl/α,β-unsaturated/α-hetero) is 1. The highest BCUT2D eigenvalue weighted by Crippen LogP contribution is 2.15. The quantitative estimate of drug-likeness (QED) is 0.428. The van der Waals surface area contributed by atoms with Gasteiger partial charge in [-0.1, -0.05) is 80.1 Å². The third-order valence-electron chi connectivity index (χ3n) is 3.89. The van der Waals surface area contributed by atoms with Gasteiger partial charge >= 0.3 is 0 Å². The lowest BCUT2D eigenvalue weighted by Gasteiger charge is -2.11. The Labute approximate surface area is 155 Å². The van der Waals surface area contributed by atoms with Gasteiger partial charge in [-0.25, -0.2) is 4.79 Å². The van der Waals surface area contributed by atoms with Gasteiger partial charge in [0, 0.05) is 11.5 Å². The van der Waals surface area contributed by atoms with Crippen molar-refractivity contribution in [2.75, 3.05) is 0 Å². The van der Waals surface area contributed by atoms with Crippen molar-refractivity contribution < 1.29 is 14.4 Å². The summed E-state index contributed by atoms with van der Waals surface area (Å²) in [5.74, 6) is 0.877. The Kier molecular flexibility index (Phi) is 23.4. The van der Waals surface area contributed by atoms with E-state index in [1.54, 1.807) is 6.92 Å². The van der Waals surface area contributed by atoms with Crippen LogP contribution in [0.4, 0.5) is 0 Å². The van der Waals surface area contributed by atoms with Crippen molar-refractivity contribution in [2.45, 2.75) is 99.8 Å². The molecule has 0 heterocycles. The number of unbranched alkanes of at least 4 members (excludes halogenated alkanes) is 3. The summed E-state index contributed by atoms with van der Waals surface area (Å²) in [7, 11) is 0. The first-order chi connectivity index (χ1) is 11.7. The van der Waals surface area contributed by atoms with Crippen molar-refractivity contribution in [3.05, 3.63) is 5.57 Å². The topological polar surface area (TPSA) is 77.2 Å². The van der Waals surface area contributed by atoms with Crippen LogP contribution >= 0.6 is 0 Å². The molecular formula is C21H41NO3. The van der Waals surface area contributed by atoms with E-state index in [9.17, 15) is 14.4 Å². The molecule has 0 bridgehead atoms. The summed E-state index contributed by atoms with van der Waals surface area (Å²) < 4.78 is 0. The van der Waals surface area contributed by atoms with Crippen LogP contribution in [0, 0.1) is 11.8 Å². The third-order valence-corrected chi connectivity index (χ3v) is 3.89. The number of amides is 1. The Hall–Kier alpha value is -1.41. The summed E-state index contributed by atoms with van der Waals surface area (Å²) in [6.45, 7) is 14.2. The molecule has 0 spiro atoms. The van der Waals surface area contributed by atoms with Crippen molar-refractivity contribution >= 4 is 17.6 Å². The van der Waals surface area contributed by atoms with Gasteiger partial charge in [-0.2, -0.15) is 0 Å². The smallest absolute Gasteiger partial charge is 0.285 e. The molecule has 0 fully saturated rings. The first kappa shape index (κ1) is 28.4. The van der Waals surface area contributed by atoms with Gasteiger partial charge in [0.15, 0.2) is 0 Å². The Morgan fingerprint density at radius 1 is 0.880 bits per heavy atom. The van der Waals surface area contributed by atoms with E-state index in [1.165, 1.54) is 19.3 Å². The lowest BCUT2D eigenvalue weighted by Crippen LogP contribution is -2.30. The third kappa shape index (κ3) is 20.5. The summed E-state index contributed by atoms with van der Waals surface area (Å²) in [4.78, 5) is 31.7. The second-order valence-corrected chi connectivity index (χ2v) is 6.65. The summed E-state index contributed by atoms with van der Waals surface area (Å²) in [6, 6.07) is 0. The number of carbonyl (C=O) groups excluding carboxylic acids is 3. The number of nitrogens with two attached hydrogens (primary N) is 1. The molecular weight excluding hydrogens is 314 g/mol. The minimum atomic E-state index is -0.783. The summed E-state index contributed by atoms with van der Waals surface area (Å²) in [5.41, 5.74) is 5.74. The summed E-state index contributed by atoms with van der Waals surface area (Å²) in [5, 5.41) is 0. The van der Waals surface area contributed by atoms with Crippen LogP contribution in [0.1, 0.15) is 99.8 Å². The van der Waals surface area contributed by atoms with Crippen molar-refractivity contribution in [1.29, 1.82) is 0 Å². The first-order valence-electron chi connectivity index (χ1n) is 9.78. The van der Waals surface area contributed by atoms with Gasteiger partial charge in [-0.3, -0.25) is 9.59 Å². The van der Waals surface area contributed by atoms with Crippen LogP contribution in [-0.2, 0) is 14.4 Å². The molecule has 0 saturated carbocycles. The van der Waals surface area contributed by atoms with Gasteiger partial charge in [0.25, 0.3) is 5.91 Å².